The summed E-state index contributed by atoms with van der Waals surface area (Å²) in [7, 11) is 0. The second kappa shape index (κ2) is 11.0. The Morgan fingerprint density at radius 1 is 1.00 bits per heavy atom. The maximum atomic E-state index is 12.4. The topological polar surface area (TPSA) is 47.2 Å². The van der Waals surface area contributed by atoms with Crippen molar-refractivity contribution >= 4 is 11.6 Å². The first-order valence-corrected chi connectivity index (χ1v) is 10.9. The minimum atomic E-state index is 0.104. The van der Waals surface area contributed by atoms with Gasteiger partial charge >= 0.3 is 0 Å². The summed E-state index contributed by atoms with van der Waals surface area (Å²) in [4.78, 5) is 15.3. The summed E-state index contributed by atoms with van der Waals surface area (Å²) in [6, 6.07) is 18.3. The van der Waals surface area contributed by atoms with E-state index in [2.05, 4.69) is 31.3 Å². The highest BCUT2D eigenvalue weighted by Crippen LogP contribution is 2.20. The molecule has 3 N–H and O–H groups in total. The maximum Gasteiger partial charge on any atom is 0.279 e. The molecule has 3 rings (SSSR count). The molecule has 29 heavy (non-hydrogen) atoms. The van der Waals surface area contributed by atoms with E-state index in [0.717, 1.165) is 57.2 Å². The van der Waals surface area contributed by atoms with Crippen LogP contribution in [0.1, 0.15) is 31.7 Å². The number of carbonyl (C=O) groups is 1. The maximum absolute atomic E-state index is 12.4. The summed E-state index contributed by atoms with van der Waals surface area (Å²) >= 11 is 0. The van der Waals surface area contributed by atoms with E-state index in [1.807, 2.05) is 42.5 Å². The largest absolute Gasteiger partial charge is 0.488 e. The summed E-state index contributed by atoms with van der Waals surface area (Å²) in [5.74, 6) is 1.60. The van der Waals surface area contributed by atoms with Gasteiger partial charge in [-0.25, -0.2) is 0 Å². The summed E-state index contributed by atoms with van der Waals surface area (Å²) in [6.07, 6.45) is 1.13. The molecule has 1 fully saturated rings. The van der Waals surface area contributed by atoms with Gasteiger partial charge in [-0.1, -0.05) is 44.2 Å². The van der Waals surface area contributed by atoms with Crippen LogP contribution in [-0.2, 0) is 4.79 Å². The highest BCUT2D eigenvalue weighted by atomic mass is 16.5. The van der Waals surface area contributed by atoms with Gasteiger partial charge in [-0.05, 0) is 42.2 Å². The van der Waals surface area contributed by atoms with E-state index in [1.165, 1.54) is 10.5 Å². The lowest BCUT2D eigenvalue weighted by Gasteiger charge is -2.29. The van der Waals surface area contributed by atoms with E-state index in [0.29, 0.717) is 12.5 Å². The lowest BCUT2D eigenvalue weighted by molar-refractivity contribution is -1.01. The standard InChI is InChI=1S/C24H33N3O2/c1-3-20(2)21-9-11-22(12-10-21)25-24(28)19-27-15-13-26(14-16-27)17-18-29-23-7-5-4-6-8-23/h4-12,20H,3,13-19H2,1-2H3,(H,25,28)/p+2/t20-/m0/s1. The lowest BCUT2D eigenvalue weighted by Crippen LogP contribution is -3.28. The molecule has 0 aromatic heterocycles. The molecule has 1 aliphatic heterocycles. The number of anilines is 1. The summed E-state index contributed by atoms with van der Waals surface area (Å²) in [6.45, 7) is 10.9. The van der Waals surface area contributed by atoms with Crippen LogP contribution in [0, 0.1) is 0 Å². The molecule has 1 atom stereocenters. The summed E-state index contributed by atoms with van der Waals surface area (Å²) in [5.41, 5.74) is 2.22. The van der Waals surface area contributed by atoms with Crippen LogP contribution in [0.3, 0.4) is 0 Å². The number of nitrogens with one attached hydrogen (secondary N) is 3. The molecule has 156 valence electrons. The van der Waals surface area contributed by atoms with Crippen molar-refractivity contribution in [2.75, 3.05) is 51.2 Å². The van der Waals surface area contributed by atoms with Crippen LogP contribution in [-0.4, -0.2) is 51.8 Å². The van der Waals surface area contributed by atoms with Crippen LogP contribution in [0.4, 0.5) is 5.69 Å². The number of rotatable bonds is 9. The molecule has 0 unspecified atom stereocenters. The normalized spacial score (nSPS) is 20.1. The number of hydrogen-bond acceptors (Lipinski definition) is 2. The minimum absolute atomic E-state index is 0.104. The van der Waals surface area contributed by atoms with Crippen molar-refractivity contribution in [3.63, 3.8) is 0 Å². The van der Waals surface area contributed by atoms with Crippen molar-refractivity contribution in [1.29, 1.82) is 0 Å². The molecular weight excluding hydrogens is 362 g/mol. The average Bonchev–Trinajstić information content (AvgIpc) is 2.75. The van der Waals surface area contributed by atoms with Crippen LogP contribution in [0.15, 0.2) is 54.6 Å². The van der Waals surface area contributed by atoms with Gasteiger partial charge in [-0.15, -0.1) is 0 Å². The van der Waals surface area contributed by atoms with Crippen molar-refractivity contribution in [2.24, 2.45) is 0 Å². The van der Waals surface area contributed by atoms with Crippen molar-refractivity contribution in [2.45, 2.75) is 26.2 Å². The van der Waals surface area contributed by atoms with Gasteiger partial charge in [0.2, 0.25) is 0 Å². The number of ether oxygens (including phenoxy) is 1. The van der Waals surface area contributed by atoms with E-state index in [1.54, 1.807) is 4.90 Å². The van der Waals surface area contributed by atoms with Gasteiger partial charge in [0, 0.05) is 5.69 Å². The number of quaternary nitrogens is 2. The van der Waals surface area contributed by atoms with E-state index < -0.39 is 0 Å². The molecule has 0 bridgehead atoms. The van der Waals surface area contributed by atoms with Crippen molar-refractivity contribution < 1.29 is 19.3 Å². The van der Waals surface area contributed by atoms with Gasteiger partial charge in [0.15, 0.2) is 6.54 Å². The van der Waals surface area contributed by atoms with Crippen LogP contribution in [0.2, 0.25) is 0 Å². The zero-order valence-electron chi connectivity index (χ0n) is 17.7. The third-order valence-corrected chi connectivity index (χ3v) is 5.92. The van der Waals surface area contributed by atoms with Gasteiger partial charge in [-0.3, -0.25) is 4.79 Å². The van der Waals surface area contributed by atoms with Crippen LogP contribution >= 0.6 is 0 Å². The Morgan fingerprint density at radius 2 is 1.66 bits per heavy atom. The fraction of sp³-hybridized carbons (Fsp3) is 0.458. The number of amides is 1. The van der Waals surface area contributed by atoms with Crippen molar-refractivity contribution in [3.05, 3.63) is 60.2 Å². The van der Waals surface area contributed by atoms with E-state index in [-0.39, 0.29) is 5.91 Å². The molecule has 2 aromatic rings. The molecule has 0 saturated carbocycles. The lowest BCUT2D eigenvalue weighted by atomic mass is 9.99. The average molecular weight is 398 g/mol. The fourth-order valence-corrected chi connectivity index (χ4v) is 3.78. The minimum Gasteiger partial charge on any atom is -0.488 e. The van der Waals surface area contributed by atoms with Crippen molar-refractivity contribution in [3.8, 4) is 5.75 Å². The Kier molecular flexibility index (Phi) is 8.08. The number of hydrogen-bond donors (Lipinski definition) is 3. The third-order valence-electron chi connectivity index (χ3n) is 5.92. The van der Waals surface area contributed by atoms with Crippen LogP contribution < -0.4 is 19.9 Å². The second-order valence-corrected chi connectivity index (χ2v) is 8.07. The molecule has 5 nitrogen and oxygen atoms in total. The Morgan fingerprint density at radius 3 is 2.31 bits per heavy atom. The van der Waals surface area contributed by atoms with Gasteiger partial charge in [0.05, 0.1) is 0 Å². The predicted molar refractivity (Wildman–Crippen MR) is 117 cm³/mol. The molecule has 0 radical (unpaired) electrons. The van der Waals surface area contributed by atoms with E-state index in [9.17, 15) is 4.79 Å². The second-order valence-electron chi connectivity index (χ2n) is 8.07. The quantitative estimate of drug-likeness (QED) is 0.591. The molecule has 1 saturated heterocycles. The molecule has 2 aromatic carbocycles. The van der Waals surface area contributed by atoms with E-state index >= 15 is 0 Å². The first kappa shape index (κ1) is 21.3. The summed E-state index contributed by atoms with van der Waals surface area (Å²) in [5, 5.41) is 3.05. The first-order valence-electron chi connectivity index (χ1n) is 10.9. The fourth-order valence-electron chi connectivity index (χ4n) is 3.78. The molecular formula is C24H35N3O2+2. The third kappa shape index (κ3) is 6.87. The molecule has 1 amide bonds. The highest BCUT2D eigenvalue weighted by Gasteiger charge is 2.24. The number of piperazine rings is 1. The van der Waals surface area contributed by atoms with Crippen LogP contribution in [0.5, 0.6) is 5.75 Å². The number of carbonyl (C=O) groups excluding carboxylic acids is 1. The Hall–Kier alpha value is -2.37. The van der Waals surface area contributed by atoms with Crippen LogP contribution in [0.25, 0.3) is 0 Å². The molecule has 0 aliphatic carbocycles. The number of para-hydroxylation sites is 1. The smallest absolute Gasteiger partial charge is 0.279 e. The van der Waals surface area contributed by atoms with Gasteiger partial charge < -0.3 is 19.9 Å². The molecule has 5 heteroatoms. The Balaban J connectivity index is 1.34. The summed E-state index contributed by atoms with van der Waals surface area (Å²) < 4.78 is 5.80. The van der Waals surface area contributed by atoms with Crippen molar-refractivity contribution in [1.82, 2.24) is 0 Å². The molecule has 0 spiro atoms. The highest BCUT2D eigenvalue weighted by molar-refractivity contribution is 5.91. The predicted octanol–water partition coefficient (Wildman–Crippen LogP) is 1.00. The van der Waals surface area contributed by atoms with Gasteiger partial charge in [0.1, 0.15) is 45.1 Å². The van der Waals surface area contributed by atoms with Gasteiger partial charge in [-0.2, -0.15) is 0 Å². The zero-order chi connectivity index (χ0) is 20.5. The molecule has 1 aliphatic rings. The Labute approximate surface area is 174 Å². The number of benzene rings is 2. The monoisotopic (exact) mass is 397 g/mol. The Bertz CT molecular complexity index is 740. The molecule has 1 heterocycles. The zero-order valence-corrected chi connectivity index (χ0v) is 17.7. The SMILES string of the molecule is CC[C@H](C)c1ccc(NC(=O)C[NH+]2CC[NH+](CCOc3ccccc3)CC2)cc1. The first-order chi connectivity index (χ1) is 14.1. The van der Waals surface area contributed by atoms with Gasteiger partial charge in [0.25, 0.3) is 5.91 Å². The van der Waals surface area contributed by atoms with E-state index in [4.69, 9.17) is 4.74 Å².